The largest absolute Gasteiger partial charge is 0.477 e. The van der Waals surface area contributed by atoms with E-state index in [4.69, 9.17) is 10.2 Å². The van der Waals surface area contributed by atoms with Crippen molar-refractivity contribution in [1.29, 1.82) is 0 Å². The molecule has 6 heteroatoms. The molecule has 0 saturated heterocycles. The van der Waals surface area contributed by atoms with Crippen molar-refractivity contribution in [2.45, 2.75) is 6.42 Å². The van der Waals surface area contributed by atoms with Gasteiger partial charge in [-0.05, 0) is 0 Å². The summed E-state index contributed by atoms with van der Waals surface area (Å²) < 4.78 is 0. The lowest BCUT2D eigenvalue weighted by molar-refractivity contribution is -0.129. The quantitative estimate of drug-likeness (QED) is 0.623. The summed E-state index contributed by atoms with van der Waals surface area (Å²) in [5.74, 6) is -2.60. The lowest BCUT2D eigenvalue weighted by Crippen LogP contribution is -2.19. The first-order valence-electron chi connectivity index (χ1n) is 2.47. The van der Waals surface area contributed by atoms with Gasteiger partial charge in [0.1, 0.15) is 9.73 Å². The van der Waals surface area contributed by atoms with Gasteiger partial charge in [0, 0.05) is 6.42 Å². The van der Waals surface area contributed by atoms with E-state index in [-0.39, 0.29) is 16.1 Å². The van der Waals surface area contributed by atoms with Gasteiger partial charge in [0.15, 0.2) is 0 Å². The van der Waals surface area contributed by atoms with Crippen LogP contribution in [0.1, 0.15) is 6.42 Å². The molecular weight excluding hydrogens is 188 g/mol. The van der Waals surface area contributed by atoms with Crippen molar-refractivity contribution in [3.05, 3.63) is 0 Å². The Balaban J connectivity index is 4.07. The Morgan fingerprint density at radius 1 is 1.00 bits per heavy atom. The van der Waals surface area contributed by atoms with E-state index in [2.05, 4.69) is 24.4 Å². The van der Waals surface area contributed by atoms with Crippen molar-refractivity contribution >= 4 is 46.1 Å². The van der Waals surface area contributed by atoms with Crippen LogP contribution in [0.5, 0.6) is 0 Å². The molecule has 0 amide bonds. The maximum absolute atomic E-state index is 10.1. The number of hydrogen-bond donors (Lipinski definition) is 2. The zero-order chi connectivity index (χ0) is 9.02. The number of rotatable bonds is 4. The van der Waals surface area contributed by atoms with Gasteiger partial charge in [-0.25, -0.2) is 9.59 Å². The molecule has 0 heterocycles. The van der Waals surface area contributed by atoms with Crippen LogP contribution in [-0.2, 0) is 9.59 Å². The minimum atomic E-state index is -1.30. The summed E-state index contributed by atoms with van der Waals surface area (Å²) in [6.07, 6.45) is -0.352. The van der Waals surface area contributed by atoms with Crippen LogP contribution in [0.25, 0.3) is 0 Å². The second kappa shape index (κ2) is 4.09. The molecule has 11 heavy (non-hydrogen) atoms. The molecule has 0 atom stereocenters. The molecule has 0 aliphatic rings. The number of carbonyl (C=O) groups is 2. The van der Waals surface area contributed by atoms with Crippen molar-refractivity contribution in [2.24, 2.45) is 0 Å². The molecule has 0 unspecified atom stereocenters. The van der Waals surface area contributed by atoms with Gasteiger partial charge in [0.05, 0.1) is 0 Å². The summed E-state index contributed by atoms with van der Waals surface area (Å²) in [6.45, 7) is 0. The molecule has 0 aliphatic heterocycles. The van der Waals surface area contributed by atoms with Crippen LogP contribution in [0.3, 0.4) is 0 Å². The molecule has 0 aromatic carbocycles. The van der Waals surface area contributed by atoms with Crippen molar-refractivity contribution in [1.82, 2.24) is 0 Å². The third-order valence-electron chi connectivity index (χ3n) is 0.798. The van der Waals surface area contributed by atoms with Crippen LogP contribution in [0.2, 0.25) is 0 Å². The number of carboxylic acids is 2. The molecule has 0 aromatic rings. The van der Waals surface area contributed by atoms with Crippen LogP contribution >= 0.6 is 24.4 Å². The van der Waals surface area contributed by atoms with Crippen LogP contribution < -0.4 is 0 Å². The zero-order valence-electron chi connectivity index (χ0n) is 5.23. The van der Waals surface area contributed by atoms with E-state index in [9.17, 15) is 9.59 Å². The molecule has 0 bridgehead atoms. The predicted octanol–water partition coefficient (Wildman–Crippen LogP) is 0.285. The summed E-state index contributed by atoms with van der Waals surface area (Å²) in [7, 11) is 0. The van der Waals surface area contributed by atoms with Crippen LogP contribution in [0, 0.1) is 0 Å². The molecule has 0 aromatic heterocycles. The fourth-order valence-electron chi connectivity index (χ4n) is 0.297. The lowest BCUT2D eigenvalue weighted by Gasteiger charge is -1.94. The Hall–Kier alpha value is -0.880. The Morgan fingerprint density at radius 2 is 1.27 bits per heavy atom. The summed E-state index contributed by atoms with van der Waals surface area (Å²) in [5, 5.41) is 16.4. The highest BCUT2D eigenvalue weighted by Crippen LogP contribution is 1.92. The van der Waals surface area contributed by atoms with E-state index in [1.807, 2.05) is 0 Å². The average molecular weight is 192 g/mol. The van der Waals surface area contributed by atoms with Gasteiger partial charge < -0.3 is 10.2 Å². The van der Waals surface area contributed by atoms with Crippen LogP contribution in [0.15, 0.2) is 0 Å². The van der Waals surface area contributed by atoms with E-state index in [1.54, 1.807) is 0 Å². The molecule has 2 N–H and O–H groups in total. The minimum Gasteiger partial charge on any atom is -0.477 e. The third-order valence-corrected chi connectivity index (χ3v) is 1.44. The highest BCUT2D eigenvalue weighted by atomic mass is 32.1. The number of hydrogen-bond acceptors (Lipinski definition) is 4. The summed E-state index contributed by atoms with van der Waals surface area (Å²) >= 11 is 8.65. The normalized spacial score (nSPS) is 8.73. The number of aliphatic carboxylic acids is 2. The minimum absolute atomic E-state index is 0.352. The topological polar surface area (TPSA) is 74.6 Å². The number of thiocarbonyl (C=S) groups is 2. The molecule has 0 spiro atoms. The van der Waals surface area contributed by atoms with Gasteiger partial charge in [-0.3, -0.25) is 0 Å². The highest BCUT2D eigenvalue weighted by Gasteiger charge is 2.13. The molecular formula is C5H4O4S2. The van der Waals surface area contributed by atoms with Crippen molar-refractivity contribution in [3.8, 4) is 0 Å². The fourth-order valence-corrected chi connectivity index (χ4v) is 0.677. The SMILES string of the molecule is O=C(O)C(=S)CC(=S)C(=O)O. The average Bonchev–Trinajstić information content (AvgIpc) is 1.87. The van der Waals surface area contributed by atoms with E-state index >= 15 is 0 Å². The van der Waals surface area contributed by atoms with Gasteiger partial charge >= 0.3 is 11.9 Å². The molecule has 0 saturated carbocycles. The molecule has 0 rings (SSSR count). The first-order chi connectivity index (χ1) is 4.95. The lowest BCUT2D eigenvalue weighted by atomic mass is 10.2. The molecule has 0 aliphatic carbocycles. The standard InChI is InChI=1S/C5H4O4S2/c6-4(7)2(10)1-3(11)5(8)9/h1H2,(H,6,7)(H,8,9). The van der Waals surface area contributed by atoms with Crippen molar-refractivity contribution in [2.75, 3.05) is 0 Å². The van der Waals surface area contributed by atoms with Crippen LogP contribution in [0.4, 0.5) is 0 Å². The summed E-state index contributed by atoms with van der Waals surface area (Å²) in [5.41, 5.74) is 0. The monoisotopic (exact) mass is 192 g/mol. The molecule has 0 fully saturated rings. The van der Waals surface area contributed by atoms with Gasteiger partial charge in [-0.2, -0.15) is 0 Å². The maximum Gasteiger partial charge on any atom is 0.342 e. The van der Waals surface area contributed by atoms with Crippen LogP contribution in [-0.4, -0.2) is 31.9 Å². The first kappa shape index (κ1) is 10.1. The Bertz CT molecular complexity index is 209. The van der Waals surface area contributed by atoms with Crippen molar-refractivity contribution < 1.29 is 19.8 Å². The highest BCUT2D eigenvalue weighted by molar-refractivity contribution is 7.84. The zero-order valence-corrected chi connectivity index (χ0v) is 6.87. The van der Waals surface area contributed by atoms with Gasteiger partial charge in [0.25, 0.3) is 0 Å². The maximum atomic E-state index is 10.1. The van der Waals surface area contributed by atoms with Crippen molar-refractivity contribution in [3.63, 3.8) is 0 Å². The molecule has 60 valence electrons. The second-order valence-corrected chi connectivity index (χ2v) is 2.62. The predicted molar refractivity (Wildman–Crippen MR) is 45.1 cm³/mol. The van der Waals surface area contributed by atoms with E-state index in [0.717, 1.165) is 0 Å². The third kappa shape index (κ3) is 3.74. The van der Waals surface area contributed by atoms with Gasteiger partial charge in [-0.15, -0.1) is 0 Å². The number of carboxylic acid groups (broad SMARTS) is 2. The second-order valence-electron chi connectivity index (χ2n) is 1.63. The Kier molecular flexibility index (Phi) is 3.77. The smallest absolute Gasteiger partial charge is 0.342 e. The van der Waals surface area contributed by atoms with E-state index < -0.39 is 11.9 Å². The van der Waals surface area contributed by atoms with E-state index in [0.29, 0.717) is 0 Å². The Labute approximate surface area is 72.8 Å². The fraction of sp³-hybridized carbons (Fsp3) is 0.200. The molecule has 4 nitrogen and oxygen atoms in total. The summed E-state index contributed by atoms with van der Waals surface area (Å²) in [4.78, 5) is 19.4. The van der Waals surface area contributed by atoms with Gasteiger partial charge in [0.2, 0.25) is 0 Å². The summed E-state index contributed by atoms with van der Waals surface area (Å²) in [6, 6.07) is 0. The first-order valence-corrected chi connectivity index (χ1v) is 3.29. The molecule has 0 radical (unpaired) electrons. The van der Waals surface area contributed by atoms with E-state index in [1.165, 1.54) is 0 Å². The Morgan fingerprint density at radius 3 is 1.45 bits per heavy atom. The van der Waals surface area contributed by atoms with Gasteiger partial charge in [-0.1, -0.05) is 24.4 Å².